The third-order valence-corrected chi connectivity index (χ3v) is 6.38. The predicted molar refractivity (Wildman–Crippen MR) is 117 cm³/mol. The highest BCUT2D eigenvalue weighted by Gasteiger charge is 2.42. The van der Waals surface area contributed by atoms with E-state index in [-0.39, 0.29) is 5.91 Å². The van der Waals surface area contributed by atoms with Gasteiger partial charge in [0.05, 0.1) is 17.2 Å². The molecule has 0 aromatic heterocycles. The topological polar surface area (TPSA) is 117 Å². The second kappa shape index (κ2) is 11.4. The lowest BCUT2D eigenvalue weighted by atomic mass is 9.96. The fourth-order valence-corrected chi connectivity index (χ4v) is 4.41. The fraction of sp³-hybridized carbons (Fsp3) is 0.500. The summed E-state index contributed by atoms with van der Waals surface area (Å²) in [5.74, 6) is -0.231. The third-order valence-electron chi connectivity index (χ3n) is 4.61. The van der Waals surface area contributed by atoms with Gasteiger partial charge in [-0.15, -0.1) is 11.8 Å². The number of carbonyl (C=O) groups is 2. The highest BCUT2D eigenvalue weighted by atomic mass is 35.5. The first-order valence-corrected chi connectivity index (χ1v) is 10.7. The number of ether oxygens (including phenoxy) is 2. The molecule has 0 radical (unpaired) electrons. The van der Waals surface area contributed by atoms with Gasteiger partial charge in [-0.2, -0.15) is 0 Å². The van der Waals surface area contributed by atoms with Crippen LogP contribution in [0.2, 0.25) is 5.02 Å². The van der Waals surface area contributed by atoms with Crippen molar-refractivity contribution in [2.75, 3.05) is 32.2 Å². The fourth-order valence-electron chi connectivity index (χ4n) is 2.99. The van der Waals surface area contributed by atoms with Crippen LogP contribution >= 0.6 is 23.4 Å². The zero-order chi connectivity index (χ0) is 21.3. The van der Waals surface area contributed by atoms with Crippen molar-refractivity contribution in [1.82, 2.24) is 0 Å². The number of hydrogen-bond acceptors (Lipinski definition) is 6. The number of halogens is 1. The Morgan fingerprint density at radius 3 is 2.76 bits per heavy atom. The van der Waals surface area contributed by atoms with Gasteiger partial charge in [0.2, 0.25) is 5.91 Å². The summed E-state index contributed by atoms with van der Waals surface area (Å²) in [4.78, 5) is 25.4. The van der Waals surface area contributed by atoms with Crippen LogP contribution in [0.3, 0.4) is 0 Å². The van der Waals surface area contributed by atoms with Gasteiger partial charge in [0.25, 0.3) is 5.91 Å². The second-order valence-electron chi connectivity index (χ2n) is 6.77. The number of thioether (sulfide) groups is 1. The zero-order valence-electron chi connectivity index (χ0n) is 16.5. The van der Waals surface area contributed by atoms with E-state index in [4.69, 9.17) is 32.5 Å². The molecule has 0 saturated carbocycles. The van der Waals surface area contributed by atoms with Crippen molar-refractivity contribution in [2.45, 2.75) is 36.9 Å². The van der Waals surface area contributed by atoms with Crippen molar-refractivity contribution in [3.8, 4) is 5.75 Å². The van der Waals surface area contributed by atoms with E-state index < -0.39 is 10.7 Å². The van der Waals surface area contributed by atoms with Crippen molar-refractivity contribution in [1.29, 1.82) is 0 Å². The van der Waals surface area contributed by atoms with Gasteiger partial charge in [0.15, 0.2) is 0 Å². The van der Waals surface area contributed by atoms with Crippen molar-refractivity contribution < 1.29 is 19.1 Å². The van der Waals surface area contributed by atoms with E-state index in [1.54, 1.807) is 31.4 Å². The molecule has 7 nitrogen and oxygen atoms in total. The number of carbonyl (C=O) groups excluding carboxylic acids is 2. The molecular weight excluding hydrogens is 414 g/mol. The molecule has 0 saturated heterocycles. The monoisotopic (exact) mass is 441 g/mol. The van der Waals surface area contributed by atoms with E-state index in [1.165, 1.54) is 11.8 Å². The molecule has 1 unspecified atom stereocenters. The zero-order valence-corrected chi connectivity index (χ0v) is 18.1. The number of anilines is 1. The molecule has 1 aromatic carbocycles. The van der Waals surface area contributed by atoms with Gasteiger partial charge < -0.3 is 26.3 Å². The number of allylic oxidation sites excluding steroid dienone is 1. The summed E-state index contributed by atoms with van der Waals surface area (Å²) in [6.07, 6.45) is 5.48. The Balaban J connectivity index is 2.04. The molecule has 2 amide bonds. The molecule has 1 aromatic rings. The van der Waals surface area contributed by atoms with E-state index in [0.29, 0.717) is 54.0 Å². The number of nitrogens with two attached hydrogens (primary N) is 2. The Morgan fingerprint density at radius 1 is 1.28 bits per heavy atom. The van der Waals surface area contributed by atoms with Gasteiger partial charge in [-0.25, -0.2) is 0 Å². The molecule has 1 aliphatic heterocycles. The predicted octanol–water partition coefficient (Wildman–Crippen LogP) is 3.07. The largest absolute Gasteiger partial charge is 0.489 e. The van der Waals surface area contributed by atoms with Gasteiger partial charge in [-0.3, -0.25) is 9.59 Å². The minimum Gasteiger partial charge on any atom is -0.489 e. The molecule has 1 atom stereocenters. The Kier molecular flexibility index (Phi) is 9.29. The van der Waals surface area contributed by atoms with Crippen molar-refractivity contribution >= 4 is 40.9 Å². The Labute approximate surface area is 180 Å². The van der Waals surface area contributed by atoms with Gasteiger partial charge in [-0.05, 0) is 44.0 Å². The SMILES string of the molecule is COCCOc1ccc(Cl)cc1NC(=O)C1=CCC(CCCCCN)(C(N)=O)S1. The van der Waals surface area contributed by atoms with Crippen LogP contribution in [0.4, 0.5) is 5.69 Å². The highest BCUT2D eigenvalue weighted by Crippen LogP contribution is 2.46. The van der Waals surface area contributed by atoms with Crippen LogP contribution in [0.5, 0.6) is 5.75 Å². The van der Waals surface area contributed by atoms with E-state index in [1.807, 2.05) is 0 Å². The molecule has 2 rings (SSSR count). The van der Waals surface area contributed by atoms with Crippen molar-refractivity contribution in [3.63, 3.8) is 0 Å². The lowest BCUT2D eigenvalue weighted by Crippen LogP contribution is -2.39. The summed E-state index contributed by atoms with van der Waals surface area (Å²) < 4.78 is 9.84. The number of nitrogens with one attached hydrogen (secondary N) is 1. The van der Waals surface area contributed by atoms with Gasteiger partial charge in [-0.1, -0.05) is 30.5 Å². The number of primary amides is 1. The Morgan fingerprint density at radius 2 is 2.07 bits per heavy atom. The molecule has 160 valence electrons. The number of rotatable bonds is 12. The van der Waals surface area contributed by atoms with Crippen LogP contribution in [0.1, 0.15) is 32.1 Å². The first-order valence-electron chi connectivity index (χ1n) is 9.53. The van der Waals surface area contributed by atoms with Crippen LogP contribution in [0.25, 0.3) is 0 Å². The van der Waals surface area contributed by atoms with E-state index in [9.17, 15) is 9.59 Å². The summed E-state index contributed by atoms with van der Waals surface area (Å²) in [5.41, 5.74) is 11.7. The molecule has 0 aliphatic carbocycles. The number of hydrogen-bond donors (Lipinski definition) is 3. The van der Waals surface area contributed by atoms with Crippen LogP contribution in [-0.4, -0.2) is 43.4 Å². The maximum atomic E-state index is 12.8. The minimum atomic E-state index is -0.784. The molecule has 0 spiro atoms. The maximum absolute atomic E-state index is 12.8. The Hall–Kier alpha value is -1.74. The first kappa shape index (κ1) is 23.5. The standard InChI is InChI=1S/C20H28ClN3O4S/c1-27-11-12-28-16-6-5-14(21)13-15(16)24-18(25)17-7-9-20(29-17,19(23)26)8-3-2-4-10-22/h5-7,13H,2-4,8-12,22H2,1H3,(H2,23,26)(H,24,25). The number of methoxy groups -OCH3 is 1. The maximum Gasteiger partial charge on any atom is 0.261 e. The lowest BCUT2D eigenvalue weighted by Gasteiger charge is -2.24. The van der Waals surface area contributed by atoms with Gasteiger partial charge in [0.1, 0.15) is 17.1 Å². The molecule has 9 heteroatoms. The summed E-state index contributed by atoms with van der Waals surface area (Å²) in [6.45, 7) is 1.38. The smallest absolute Gasteiger partial charge is 0.261 e. The quantitative estimate of drug-likeness (QED) is 0.429. The van der Waals surface area contributed by atoms with Crippen LogP contribution in [0.15, 0.2) is 29.2 Å². The number of unbranched alkanes of at least 4 members (excludes halogenated alkanes) is 2. The summed E-state index contributed by atoms with van der Waals surface area (Å²) in [7, 11) is 1.58. The average molecular weight is 442 g/mol. The second-order valence-corrected chi connectivity index (χ2v) is 8.63. The van der Waals surface area contributed by atoms with Crippen LogP contribution < -0.4 is 21.5 Å². The molecule has 5 N–H and O–H groups in total. The van der Waals surface area contributed by atoms with E-state index >= 15 is 0 Å². The normalized spacial score (nSPS) is 18.4. The average Bonchev–Trinajstić information content (AvgIpc) is 3.13. The summed E-state index contributed by atoms with van der Waals surface area (Å²) in [5, 5.41) is 3.30. The van der Waals surface area contributed by atoms with Gasteiger partial charge >= 0.3 is 0 Å². The molecule has 0 fully saturated rings. The molecular formula is C20H28ClN3O4S. The first-order chi connectivity index (χ1) is 13.9. The van der Waals surface area contributed by atoms with E-state index in [2.05, 4.69) is 5.32 Å². The molecule has 29 heavy (non-hydrogen) atoms. The summed E-state index contributed by atoms with van der Waals surface area (Å²) >= 11 is 7.30. The van der Waals surface area contributed by atoms with Crippen molar-refractivity contribution in [2.24, 2.45) is 11.5 Å². The van der Waals surface area contributed by atoms with Crippen LogP contribution in [-0.2, 0) is 14.3 Å². The van der Waals surface area contributed by atoms with Crippen LogP contribution in [0, 0.1) is 0 Å². The van der Waals surface area contributed by atoms with E-state index in [0.717, 1.165) is 19.3 Å². The Bertz CT molecular complexity index is 759. The van der Waals surface area contributed by atoms with Gasteiger partial charge in [0, 0.05) is 12.1 Å². The summed E-state index contributed by atoms with van der Waals surface area (Å²) in [6, 6.07) is 4.99. The lowest BCUT2D eigenvalue weighted by molar-refractivity contribution is -0.120. The molecule has 1 aliphatic rings. The third kappa shape index (κ3) is 6.64. The molecule has 1 heterocycles. The highest BCUT2D eigenvalue weighted by molar-refractivity contribution is 8.06. The number of benzene rings is 1. The molecule has 0 bridgehead atoms. The number of amides is 2. The minimum absolute atomic E-state index is 0.320. The van der Waals surface area contributed by atoms with Crippen molar-refractivity contribution in [3.05, 3.63) is 34.2 Å².